The van der Waals surface area contributed by atoms with E-state index in [4.69, 9.17) is 5.73 Å². The van der Waals surface area contributed by atoms with Crippen LogP contribution in [0.1, 0.15) is 15.9 Å². The molecule has 1 heterocycles. The maximum Gasteiger partial charge on any atom is 0.256 e. The van der Waals surface area contributed by atoms with Gasteiger partial charge in [-0.1, -0.05) is 42.5 Å². The summed E-state index contributed by atoms with van der Waals surface area (Å²) in [6, 6.07) is 14.8. The zero-order chi connectivity index (χ0) is 16.9. The summed E-state index contributed by atoms with van der Waals surface area (Å²) >= 11 is 1.80. The Morgan fingerprint density at radius 1 is 1.25 bits per heavy atom. The van der Waals surface area contributed by atoms with Crippen LogP contribution in [0, 0.1) is 0 Å². The first-order valence-electron chi connectivity index (χ1n) is 7.77. The second kappa shape index (κ2) is 7.40. The molecule has 5 nitrogen and oxygen atoms in total. The molecule has 124 valence electrons. The minimum Gasteiger partial charge on any atom is -0.383 e. The van der Waals surface area contributed by atoms with Gasteiger partial charge in [0.1, 0.15) is 11.4 Å². The number of amides is 1. The molecule has 0 atom stereocenters. The second-order valence-corrected chi connectivity index (χ2v) is 6.62. The Hall–Kier alpha value is -2.47. The van der Waals surface area contributed by atoms with Crippen molar-refractivity contribution in [3.05, 3.63) is 59.8 Å². The van der Waals surface area contributed by atoms with Gasteiger partial charge in [-0.2, -0.15) is 16.9 Å². The number of rotatable bonds is 6. The Morgan fingerprint density at radius 3 is 2.83 bits per heavy atom. The number of nitrogen functional groups attached to an aromatic ring is 1. The Labute approximate surface area is 145 Å². The molecule has 3 aromatic rings. The van der Waals surface area contributed by atoms with Crippen LogP contribution < -0.4 is 11.1 Å². The molecule has 0 aliphatic heterocycles. The van der Waals surface area contributed by atoms with Crippen molar-refractivity contribution in [2.75, 3.05) is 18.0 Å². The highest BCUT2D eigenvalue weighted by Crippen LogP contribution is 2.22. The van der Waals surface area contributed by atoms with Crippen LogP contribution in [0.25, 0.3) is 10.8 Å². The molecule has 3 N–H and O–H groups in total. The van der Waals surface area contributed by atoms with Gasteiger partial charge in [0.15, 0.2) is 0 Å². The van der Waals surface area contributed by atoms with Gasteiger partial charge in [0, 0.05) is 25.1 Å². The van der Waals surface area contributed by atoms with Crippen LogP contribution in [0.3, 0.4) is 0 Å². The number of carbonyl (C=O) groups is 1. The third-order valence-electron chi connectivity index (χ3n) is 3.90. The van der Waals surface area contributed by atoms with Crippen LogP contribution in [0.2, 0.25) is 0 Å². The molecule has 0 spiro atoms. The Morgan fingerprint density at radius 2 is 2.04 bits per heavy atom. The summed E-state index contributed by atoms with van der Waals surface area (Å²) in [7, 11) is 1.71. The third kappa shape index (κ3) is 3.54. The molecule has 0 bridgehead atoms. The topological polar surface area (TPSA) is 72.9 Å². The largest absolute Gasteiger partial charge is 0.383 e. The van der Waals surface area contributed by atoms with E-state index in [-0.39, 0.29) is 5.91 Å². The van der Waals surface area contributed by atoms with E-state index in [1.165, 1.54) is 27.2 Å². The number of fused-ring (bicyclic) bond motifs is 1. The molecule has 3 rings (SSSR count). The molecule has 24 heavy (non-hydrogen) atoms. The number of thioether (sulfide) groups is 1. The summed E-state index contributed by atoms with van der Waals surface area (Å²) in [5, 5.41) is 9.41. The number of nitrogens with two attached hydrogens (primary N) is 1. The van der Waals surface area contributed by atoms with Gasteiger partial charge in [-0.25, -0.2) is 0 Å². The number of anilines is 1. The molecule has 0 aliphatic carbocycles. The SMILES string of the molecule is Cn1ncc(C(=O)NCCSCc2cccc3ccccc23)c1N. The lowest BCUT2D eigenvalue weighted by Gasteiger charge is -2.07. The normalized spacial score (nSPS) is 10.9. The van der Waals surface area contributed by atoms with Gasteiger partial charge in [0.05, 0.1) is 6.20 Å². The van der Waals surface area contributed by atoms with Gasteiger partial charge in [0.25, 0.3) is 5.91 Å². The Bertz CT molecular complexity index is 854. The number of carbonyl (C=O) groups excluding carboxylic acids is 1. The van der Waals surface area contributed by atoms with Crippen LogP contribution in [0.4, 0.5) is 5.82 Å². The van der Waals surface area contributed by atoms with Gasteiger partial charge in [-0.3, -0.25) is 9.48 Å². The Kier molecular flexibility index (Phi) is 5.05. The van der Waals surface area contributed by atoms with Gasteiger partial charge in [-0.05, 0) is 16.3 Å². The third-order valence-corrected chi connectivity index (χ3v) is 4.91. The molecule has 6 heteroatoms. The maximum absolute atomic E-state index is 12.0. The van der Waals surface area contributed by atoms with Crippen LogP contribution in [-0.4, -0.2) is 28.0 Å². The number of nitrogens with zero attached hydrogens (tertiary/aromatic N) is 2. The van der Waals surface area contributed by atoms with E-state index in [0.29, 0.717) is 17.9 Å². The first kappa shape index (κ1) is 16.4. The molecule has 0 aliphatic rings. The summed E-state index contributed by atoms with van der Waals surface area (Å²) in [4.78, 5) is 12.0. The van der Waals surface area contributed by atoms with E-state index < -0.39 is 0 Å². The second-order valence-electron chi connectivity index (χ2n) is 5.51. The molecule has 1 aromatic heterocycles. The number of benzene rings is 2. The average Bonchev–Trinajstić information content (AvgIpc) is 2.94. The van der Waals surface area contributed by atoms with Crippen molar-refractivity contribution in [1.82, 2.24) is 15.1 Å². The molecule has 1 amide bonds. The maximum atomic E-state index is 12.0. The van der Waals surface area contributed by atoms with Crippen molar-refractivity contribution in [3.63, 3.8) is 0 Å². The number of aryl methyl sites for hydroxylation is 1. The first-order chi connectivity index (χ1) is 11.7. The Balaban J connectivity index is 1.49. The van der Waals surface area contributed by atoms with Crippen molar-refractivity contribution >= 4 is 34.3 Å². The van der Waals surface area contributed by atoms with E-state index in [2.05, 4.69) is 52.9 Å². The molecular weight excluding hydrogens is 320 g/mol. The molecule has 2 aromatic carbocycles. The van der Waals surface area contributed by atoms with Crippen molar-refractivity contribution < 1.29 is 4.79 Å². The predicted molar refractivity (Wildman–Crippen MR) is 100 cm³/mol. The van der Waals surface area contributed by atoms with E-state index in [1.54, 1.807) is 18.8 Å². The fraction of sp³-hybridized carbons (Fsp3) is 0.222. The summed E-state index contributed by atoms with van der Waals surface area (Å²) in [6.45, 7) is 0.600. The summed E-state index contributed by atoms with van der Waals surface area (Å²) in [6.07, 6.45) is 1.49. The van der Waals surface area contributed by atoms with Crippen molar-refractivity contribution in [1.29, 1.82) is 0 Å². The number of nitrogens with one attached hydrogen (secondary N) is 1. The van der Waals surface area contributed by atoms with Gasteiger partial charge in [0.2, 0.25) is 0 Å². The molecule has 0 radical (unpaired) electrons. The van der Waals surface area contributed by atoms with Crippen LogP contribution in [0.15, 0.2) is 48.7 Å². The fourth-order valence-corrected chi connectivity index (χ4v) is 3.42. The zero-order valence-corrected chi connectivity index (χ0v) is 14.3. The standard InChI is InChI=1S/C18H20N4OS/c1-22-17(19)16(11-21-22)18(23)20-9-10-24-12-14-7-4-6-13-5-2-3-8-15(13)14/h2-8,11H,9-10,12,19H2,1H3,(H,20,23). The highest BCUT2D eigenvalue weighted by atomic mass is 32.2. The first-order valence-corrected chi connectivity index (χ1v) is 8.92. The quantitative estimate of drug-likeness (QED) is 0.677. The minimum absolute atomic E-state index is 0.175. The molecule has 0 saturated carbocycles. The average molecular weight is 340 g/mol. The van der Waals surface area contributed by atoms with Crippen LogP contribution >= 0.6 is 11.8 Å². The van der Waals surface area contributed by atoms with Gasteiger partial charge in [-0.15, -0.1) is 0 Å². The van der Waals surface area contributed by atoms with Crippen molar-refractivity contribution in [3.8, 4) is 0 Å². The smallest absolute Gasteiger partial charge is 0.256 e. The summed E-state index contributed by atoms with van der Waals surface area (Å²) in [5.41, 5.74) is 7.54. The van der Waals surface area contributed by atoms with Crippen molar-refractivity contribution in [2.24, 2.45) is 7.05 Å². The van der Waals surface area contributed by atoms with Crippen LogP contribution in [-0.2, 0) is 12.8 Å². The highest BCUT2D eigenvalue weighted by molar-refractivity contribution is 7.98. The van der Waals surface area contributed by atoms with Crippen molar-refractivity contribution in [2.45, 2.75) is 5.75 Å². The highest BCUT2D eigenvalue weighted by Gasteiger charge is 2.12. The monoisotopic (exact) mass is 340 g/mol. The van der Waals surface area contributed by atoms with E-state index in [1.807, 2.05) is 0 Å². The van der Waals surface area contributed by atoms with Gasteiger partial charge >= 0.3 is 0 Å². The summed E-state index contributed by atoms with van der Waals surface area (Å²) < 4.78 is 1.49. The number of hydrogen-bond donors (Lipinski definition) is 2. The minimum atomic E-state index is -0.175. The predicted octanol–water partition coefficient (Wildman–Crippen LogP) is 2.82. The van der Waals surface area contributed by atoms with E-state index in [9.17, 15) is 4.79 Å². The lowest BCUT2D eigenvalue weighted by Crippen LogP contribution is -2.26. The van der Waals surface area contributed by atoms with E-state index >= 15 is 0 Å². The molecule has 0 fully saturated rings. The molecule has 0 saturated heterocycles. The lowest BCUT2D eigenvalue weighted by atomic mass is 10.1. The van der Waals surface area contributed by atoms with Gasteiger partial charge < -0.3 is 11.1 Å². The lowest BCUT2D eigenvalue weighted by molar-refractivity contribution is 0.0957. The number of hydrogen-bond acceptors (Lipinski definition) is 4. The summed E-state index contributed by atoms with van der Waals surface area (Å²) in [5.74, 6) is 1.98. The zero-order valence-electron chi connectivity index (χ0n) is 13.5. The van der Waals surface area contributed by atoms with Crippen LogP contribution in [0.5, 0.6) is 0 Å². The van der Waals surface area contributed by atoms with E-state index in [0.717, 1.165) is 11.5 Å². The molecular formula is C18H20N4OS. The molecule has 0 unspecified atom stereocenters. The fourth-order valence-electron chi connectivity index (χ4n) is 2.55. The number of aromatic nitrogens is 2.